The molecule has 1 aromatic heterocycles. The van der Waals surface area contributed by atoms with Crippen molar-refractivity contribution < 1.29 is 19.0 Å². The standard InChI is InChI=1S/C20H23N3O4/c1-13-19(27-17-6-4-3-5-16(17)25-13)20(24)23-11-8-15(9-12-23)26-18-7-10-21-14(2)22-18/h3-7,10,13,15,19H,8-9,11-12H2,1-2H3. The number of rotatable bonds is 3. The van der Waals surface area contributed by atoms with Crippen LogP contribution >= 0.6 is 0 Å². The molecule has 0 saturated carbocycles. The molecule has 0 N–H and O–H groups in total. The van der Waals surface area contributed by atoms with Gasteiger partial charge in [-0.05, 0) is 26.0 Å². The Morgan fingerprint density at radius 2 is 1.85 bits per heavy atom. The van der Waals surface area contributed by atoms with Crippen LogP contribution in [0.15, 0.2) is 36.5 Å². The zero-order valence-corrected chi connectivity index (χ0v) is 15.5. The van der Waals surface area contributed by atoms with Gasteiger partial charge >= 0.3 is 0 Å². The Morgan fingerprint density at radius 1 is 1.15 bits per heavy atom. The van der Waals surface area contributed by atoms with Crippen molar-refractivity contribution in [2.24, 2.45) is 0 Å². The van der Waals surface area contributed by atoms with Crippen LogP contribution in [-0.2, 0) is 4.79 Å². The summed E-state index contributed by atoms with van der Waals surface area (Å²) in [5.41, 5.74) is 0. The molecule has 142 valence electrons. The van der Waals surface area contributed by atoms with Crippen LogP contribution in [0.25, 0.3) is 0 Å². The van der Waals surface area contributed by atoms with Crippen LogP contribution in [-0.4, -0.2) is 52.2 Å². The average molecular weight is 369 g/mol. The largest absolute Gasteiger partial charge is 0.482 e. The highest BCUT2D eigenvalue weighted by Crippen LogP contribution is 2.34. The number of fused-ring (bicyclic) bond motifs is 1. The van der Waals surface area contributed by atoms with Crippen LogP contribution in [0.4, 0.5) is 0 Å². The van der Waals surface area contributed by atoms with Crippen LogP contribution in [0.5, 0.6) is 17.4 Å². The van der Waals surface area contributed by atoms with Gasteiger partial charge in [-0.15, -0.1) is 0 Å². The first kappa shape index (κ1) is 17.6. The van der Waals surface area contributed by atoms with Gasteiger partial charge in [0.15, 0.2) is 11.5 Å². The summed E-state index contributed by atoms with van der Waals surface area (Å²) >= 11 is 0. The minimum atomic E-state index is -0.623. The fraction of sp³-hybridized carbons (Fsp3) is 0.450. The van der Waals surface area contributed by atoms with E-state index in [1.165, 1.54) is 0 Å². The molecule has 2 aliphatic rings. The Kier molecular flexibility index (Phi) is 4.83. The van der Waals surface area contributed by atoms with Gasteiger partial charge < -0.3 is 19.1 Å². The van der Waals surface area contributed by atoms with E-state index in [2.05, 4.69) is 9.97 Å². The Bertz CT molecular complexity index is 820. The summed E-state index contributed by atoms with van der Waals surface area (Å²) in [5.74, 6) is 2.53. The number of hydrogen-bond acceptors (Lipinski definition) is 6. The third-order valence-electron chi connectivity index (χ3n) is 4.88. The minimum Gasteiger partial charge on any atom is -0.482 e. The molecule has 0 radical (unpaired) electrons. The molecule has 2 unspecified atom stereocenters. The normalized spacial score (nSPS) is 22.4. The second-order valence-corrected chi connectivity index (χ2v) is 6.89. The quantitative estimate of drug-likeness (QED) is 0.827. The lowest BCUT2D eigenvalue weighted by Crippen LogP contribution is -2.53. The lowest BCUT2D eigenvalue weighted by molar-refractivity contribution is -0.146. The summed E-state index contributed by atoms with van der Waals surface area (Å²) in [4.78, 5) is 23.1. The highest BCUT2D eigenvalue weighted by atomic mass is 16.6. The van der Waals surface area contributed by atoms with Crippen molar-refractivity contribution in [3.8, 4) is 17.4 Å². The number of amides is 1. The molecule has 7 heteroatoms. The first-order chi connectivity index (χ1) is 13.1. The zero-order chi connectivity index (χ0) is 18.8. The summed E-state index contributed by atoms with van der Waals surface area (Å²) in [5, 5.41) is 0. The molecular weight excluding hydrogens is 346 g/mol. The van der Waals surface area contributed by atoms with Gasteiger partial charge in [0.25, 0.3) is 5.91 Å². The molecule has 3 heterocycles. The molecule has 1 amide bonds. The number of carbonyl (C=O) groups is 1. The topological polar surface area (TPSA) is 73.8 Å². The first-order valence-electron chi connectivity index (χ1n) is 9.27. The second kappa shape index (κ2) is 7.42. The summed E-state index contributed by atoms with van der Waals surface area (Å²) in [7, 11) is 0. The molecule has 2 atom stereocenters. The molecule has 7 nitrogen and oxygen atoms in total. The Labute approximate surface area is 158 Å². The van der Waals surface area contributed by atoms with E-state index in [0.717, 1.165) is 12.8 Å². The number of benzene rings is 1. The second-order valence-electron chi connectivity index (χ2n) is 6.89. The van der Waals surface area contributed by atoms with E-state index in [9.17, 15) is 4.79 Å². The summed E-state index contributed by atoms with van der Waals surface area (Å²) < 4.78 is 17.7. The molecule has 4 rings (SSSR count). The molecule has 2 aliphatic heterocycles. The SMILES string of the molecule is Cc1nccc(OC2CCN(C(=O)C3Oc4ccccc4OC3C)CC2)n1. The van der Waals surface area contributed by atoms with Crippen molar-refractivity contribution in [2.45, 2.75) is 45.0 Å². The molecule has 0 aliphatic carbocycles. The third kappa shape index (κ3) is 3.82. The summed E-state index contributed by atoms with van der Waals surface area (Å²) in [6.45, 7) is 4.95. The van der Waals surface area contributed by atoms with Gasteiger partial charge in [0, 0.05) is 38.2 Å². The zero-order valence-electron chi connectivity index (χ0n) is 15.5. The van der Waals surface area contributed by atoms with E-state index in [1.807, 2.05) is 43.0 Å². The molecule has 1 saturated heterocycles. The van der Waals surface area contributed by atoms with E-state index in [1.54, 1.807) is 12.3 Å². The summed E-state index contributed by atoms with van der Waals surface area (Å²) in [6, 6.07) is 9.20. The van der Waals surface area contributed by atoms with Gasteiger partial charge in [-0.3, -0.25) is 4.79 Å². The lowest BCUT2D eigenvalue weighted by Gasteiger charge is -2.37. The van der Waals surface area contributed by atoms with Crippen LogP contribution in [0.2, 0.25) is 0 Å². The van der Waals surface area contributed by atoms with Gasteiger partial charge in [-0.1, -0.05) is 12.1 Å². The van der Waals surface area contributed by atoms with Gasteiger partial charge in [0.1, 0.15) is 18.0 Å². The highest BCUT2D eigenvalue weighted by Gasteiger charge is 2.38. The number of aromatic nitrogens is 2. The first-order valence-corrected chi connectivity index (χ1v) is 9.27. The van der Waals surface area contributed by atoms with Gasteiger partial charge in [-0.25, -0.2) is 4.98 Å². The van der Waals surface area contributed by atoms with Gasteiger partial charge in [0.2, 0.25) is 12.0 Å². The minimum absolute atomic E-state index is 0.0340. The average Bonchev–Trinajstić information content (AvgIpc) is 2.67. The van der Waals surface area contributed by atoms with E-state index in [-0.39, 0.29) is 18.1 Å². The van der Waals surface area contributed by atoms with Crippen LogP contribution in [0.3, 0.4) is 0 Å². The van der Waals surface area contributed by atoms with Crippen molar-refractivity contribution in [3.63, 3.8) is 0 Å². The molecular formula is C20H23N3O4. The number of hydrogen-bond donors (Lipinski definition) is 0. The highest BCUT2D eigenvalue weighted by molar-refractivity contribution is 5.82. The molecule has 1 aromatic carbocycles. The van der Waals surface area contributed by atoms with Crippen LogP contribution < -0.4 is 14.2 Å². The Morgan fingerprint density at radius 3 is 2.56 bits per heavy atom. The Hall–Kier alpha value is -2.83. The molecule has 0 bridgehead atoms. The fourth-order valence-corrected chi connectivity index (χ4v) is 3.44. The van der Waals surface area contributed by atoms with E-state index >= 15 is 0 Å². The maximum Gasteiger partial charge on any atom is 0.267 e. The van der Waals surface area contributed by atoms with E-state index in [4.69, 9.17) is 14.2 Å². The molecule has 1 fully saturated rings. The van der Waals surface area contributed by atoms with Crippen LogP contribution in [0.1, 0.15) is 25.6 Å². The predicted molar refractivity (Wildman–Crippen MR) is 97.9 cm³/mol. The predicted octanol–water partition coefficient (Wildman–Crippen LogP) is 2.38. The maximum atomic E-state index is 12.9. The molecule has 2 aromatic rings. The van der Waals surface area contributed by atoms with Crippen molar-refractivity contribution in [3.05, 3.63) is 42.4 Å². The Balaban J connectivity index is 1.35. The number of nitrogens with zero attached hydrogens (tertiary/aromatic N) is 3. The van der Waals surface area contributed by atoms with Crippen molar-refractivity contribution in [1.29, 1.82) is 0 Å². The molecule has 27 heavy (non-hydrogen) atoms. The summed E-state index contributed by atoms with van der Waals surface area (Å²) in [6.07, 6.45) is 2.30. The van der Waals surface area contributed by atoms with Gasteiger partial charge in [-0.2, -0.15) is 4.98 Å². The third-order valence-corrected chi connectivity index (χ3v) is 4.88. The smallest absolute Gasteiger partial charge is 0.267 e. The van der Waals surface area contributed by atoms with Crippen molar-refractivity contribution >= 4 is 5.91 Å². The number of para-hydroxylation sites is 2. The lowest BCUT2D eigenvalue weighted by atomic mass is 10.1. The van der Waals surface area contributed by atoms with E-state index < -0.39 is 6.10 Å². The van der Waals surface area contributed by atoms with E-state index in [0.29, 0.717) is 36.3 Å². The number of ether oxygens (including phenoxy) is 3. The maximum absolute atomic E-state index is 12.9. The number of likely N-dealkylation sites (tertiary alicyclic amines) is 1. The number of carbonyl (C=O) groups excluding carboxylic acids is 1. The van der Waals surface area contributed by atoms with Crippen molar-refractivity contribution in [2.75, 3.05) is 13.1 Å². The number of piperidine rings is 1. The molecule has 0 spiro atoms. The fourth-order valence-electron chi connectivity index (χ4n) is 3.44. The van der Waals surface area contributed by atoms with Gasteiger partial charge in [0.05, 0.1) is 0 Å². The van der Waals surface area contributed by atoms with Crippen molar-refractivity contribution in [1.82, 2.24) is 14.9 Å². The monoisotopic (exact) mass is 369 g/mol. The number of aryl methyl sites for hydroxylation is 1. The van der Waals surface area contributed by atoms with Crippen LogP contribution in [0, 0.1) is 6.92 Å².